The van der Waals surface area contributed by atoms with Crippen LogP contribution in [0.3, 0.4) is 0 Å². The van der Waals surface area contributed by atoms with E-state index < -0.39 is 5.41 Å². The maximum atomic E-state index is 11.6. The van der Waals surface area contributed by atoms with Gasteiger partial charge in [-0.05, 0) is 25.0 Å². The molecule has 0 atom stereocenters. The van der Waals surface area contributed by atoms with Crippen molar-refractivity contribution in [3.05, 3.63) is 30.1 Å². The summed E-state index contributed by atoms with van der Waals surface area (Å²) in [7, 11) is 0. The van der Waals surface area contributed by atoms with Crippen LogP contribution in [0.25, 0.3) is 0 Å². The zero-order valence-electron chi connectivity index (χ0n) is 8.94. The Labute approximate surface area is 94.3 Å². The summed E-state index contributed by atoms with van der Waals surface area (Å²) in [6.45, 7) is 0.541. The number of amides is 1. The molecule has 4 heteroatoms. The van der Waals surface area contributed by atoms with Crippen LogP contribution in [0.5, 0.6) is 0 Å². The summed E-state index contributed by atoms with van der Waals surface area (Å²) in [6.07, 6.45) is 3.82. The molecule has 2 rings (SSSR count). The standard InChI is InChI=1S/C12H13N3O/c13-9-12(5-6-12)11(16)15-8-4-10-3-1-2-7-14-10/h1-3,7H,4-6,8H2,(H,15,16). The molecule has 1 aromatic heterocycles. The van der Waals surface area contributed by atoms with Crippen molar-refractivity contribution in [2.24, 2.45) is 5.41 Å². The number of pyridine rings is 1. The molecule has 1 heterocycles. The number of rotatable bonds is 4. The van der Waals surface area contributed by atoms with Crippen molar-refractivity contribution in [2.75, 3.05) is 6.54 Å². The summed E-state index contributed by atoms with van der Waals surface area (Å²) in [5.41, 5.74) is 0.231. The van der Waals surface area contributed by atoms with Crippen LogP contribution in [-0.4, -0.2) is 17.4 Å². The first-order valence-corrected chi connectivity index (χ1v) is 5.36. The Balaban J connectivity index is 1.77. The summed E-state index contributed by atoms with van der Waals surface area (Å²) < 4.78 is 0. The molecule has 1 saturated carbocycles. The molecule has 1 fully saturated rings. The lowest BCUT2D eigenvalue weighted by Crippen LogP contribution is -2.32. The van der Waals surface area contributed by atoms with Gasteiger partial charge in [-0.1, -0.05) is 6.07 Å². The van der Waals surface area contributed by atoms with Crippen LogP contribution in [0.4, 0.5) is 0 Å². The number of nitrogens with one attached hydrogen (secondary N) is 1. The lowest BCUT2D eigenvalue weighted by Gasteiger charge is -2.07. The zero-order chi connectivity index (χ0) is 11.4. The smallest absolute Gasteiger partial charge is 0.240 e. The summed E-state index contributed by atoms with van der Waals surface area (Å²) in [5.74, 6) is -0.133. The molecule has 82 valence electrons. The number of nitriles is 1. The van der Waals surface area contributed by atoms with Crippen molar-refractivity contribution < 1.29 is 4.79 Å². The number of carbonyl (C=O) groups is 1. The van der Waals surface area contributed by atoms with E-state index in [4.69, 9.17) is 5.26 Å². The molecule has 1 aliphatic carbocycles. The number of hydrogen-bond acceptors (Lipinski definition) is 3. The molecule has 4 nitrogen and oxygen atoms in total. The third kappa shape index (κ3) is 2.19. The Kier molecular flexibility index (Phi) is 2.86. The van der Waals surface area contributed by atoms with Crippen LogP contribution in [-0.2, 0) is 11.2 Å². The van der Waals surface area contributed by atoms with E-state index in [0.29, 0.717) is 25.8 Å². The molecule has 1 aromatic rings. The number of nitrogens with zero attached hydrogens (tertiary/aromatic N) is 2. The van der Waals surface area contributed by atoms with E-state index in [1.807, 2.05) is 18.2 Å². The van der Waals surface area contributed by atoms with Crippen LogP contribution in [0.1, 0.15) is 18.5 Å². The third-order valence-corrected chi connectivity index (χ3v) is 2.79. The Bertz CT molecular complexity index is 418. The van der Waals surface area contributed by atoms with E-state index in [2.05, 4.69) is 16.4 Å². The van der Waals surface area contributed by atoms with Crippen LogP contribution >= 0.6 is 0 Å². The predicted octanol–water partition coefficient (Wildman–Crippen LogP) is 1.04. The summed E-state index contributed by atoms with van der Waals surface area (Å²) in [5, 5.41) is 11.6. The molecule has 0 unspecified atom stereocenters. The molecule has 0 bridgehead atoms. The van der Waals surface area contributed by atoms with E-state index in [-0.39, 0.29) is 5.91 Å². The van der Waals surface area contributed by atoms with Crippen molar-refractivity contribution in [1.82, 2.24) is 10.3 Å². The number of carbonyl (C=O) groups excluding carboxylic acids is 1. The Morgan fingerprint density at radius 3 is 2.94 bits per heavy atom. The fourth-order valence-corrected chi connectivity index (χ4v) is 1.53. The second kappa shape index (κ2) is 4.31. The quantitative estimate of drug-likeness (QED) is 0.816. The van der Waals surface area contributed by atoms with Crippen LogP contribution in [0.2, 0.25) is 0 Å². The van der Waals surface area contributed by atoms with Gasteiger partial charge in [-0.2, -0.15) is 5.26 Å². The van der Waals surface area contributed by atoms with Crippen molar-refractivity contribution in [1.29, 1.82) is 5.26 Å². The lowest BCUT2D eigenvalue weighted by atomic mass is 10.1. The van der Waals surface area contributed by atoms with Crippen LogP contribution < -0.4 is 5.32 Å². The maximum Gasteiger partial charge on any atom is 0.240 e. The summed E-state index contributed by atoms with van der Waals surface area (Å²) in [6, 6.07) is 7.77. The van der Waals surface area contributed by atoms with Gasteiger partial charge < -0.3 is 5.32 Å². The van der Waals surface area contributed by atoms with E-state index in [1.165, 1.54) is 0 Å². The van der Waals surface area contributed by atoms with E-state index in [0.717, 1.165) is 5.69 Å². The van der Waals surface area contributed by atoms with Gasteiger partial charge in [-0.15, -0.1) is 0 Å². The largest absolute Gasteiger partial charge is 0.354 e. The van der Waals surface area contributed by atoms with E-state index in [1.54, 1.807) is 6.20 Å². The fourth-order valence-electron chi connectivity index (χ4n) is 1.53. The topological polar surface area (TPSA) is 65.8 Å². The normalized spacial score (nSPS) is 16.2. The Morgan fingerprint density at radius 2 is 2.38 bits per heavy atom. The Morgan fingerprint density at radius 1 is 1.56 bits per heavy atom. The maximum absolute atomic E-state index is 11.6. The Hall–Kier alpha value is -1.89. The fraction of sp³-hybridized carbons (Fsp3) is 0.417. The molecule has 1 aliphatic rings. The minimum atomic E-state index is -0.718. The minimum Gasteiger partial charge on any atom is -0.354 e. The predicted molar refractivity (Wildman–Crippen MR) is 58.2 cm³/mol. The van der Waals surface area contributed by atoms with Gasteiger partial charge in [-0.3, -0.25) is 9.78 Å². The van der Waals surface area contributed by atoms with Gasteiger partial charge >= 0.3 is 0 Å². The van der Waals surface area contributed by atoms with Crippen molar-refractivity contribution in [3.63, 3.8) is 0 Å². The highest BCUT2D eigenvalue weighted by Crippen LogP contribution is 2.44. The van der Waals surface area contributed by atoms with Crippen LogP contribution in [0, 0.1) is 16.7 Å². The number of aromatic nitrogens is 1. The van der Waals surface area contributed by atoms with E-state index in [9.17, 15) is 4.79 Å². The SMILES string of the molecule is N#CC1(C(=O)NCCc2ccccn2)CC1. The molecule has 0 aromatic carbocycles. The summed E-state index contributed by atoms with van der Waals surface area (Å²) >= 11 is 0. The van der Waals surface area contributed by atoms with E-state index >= 15 is 0 Å². The molecule has 0 aliphatic heterocycles. The zero-order valence-corrected chi connectivity index (χ0v) is 8.94. The second-order valence-electron chi connectivity index (χ2n) is 4.02. The molecular weight excluding hydrogens is 202 g/mol. The lowest BCUT2D eigenvalue weighted by molar-refractivity contribution is -0.124. The average Bonchev–Trinajstić information content (AvgIpc) is 3.11. The third-order valence-electron chi connectivity index (χ3n) is 2.79. The average molecular weight is 215 g/mol. The van der Waals surface area contributed by atoms with Crippen LogP contribution in [0.15, 0.2) is 24.4 Å². The first kappa shape index (κ1) is 10.6. The molecule has 0 radical (unpaired) electrons. The highest BCUT2D eigenvalue weighted by atomic mass is 16.2. The first-order chi connectivity index (χ1) is 7.77. The number of hydrogen-bond donors (Lipinski definition) is 1. The van der Waals surface area contributed by atoms with Gasteiger partial charge in [0.25, 0.3) is 0 Å². The van der Waals surface area contributed by atoms with Gasteiger partial charge in [0.05, 0.1) is 6.07 Å². The van der Waals surface area contributed by atoms with Crippen molar-refractivity contribution >= 4 is 5.91 Å². The minimum absolute atomic E-state index is 0.133. The highest BCUT2D eigenvalue weighted by molar-refractivity contribution is 5.88. The molecule has 0 saturated heterocycles. The van der Waals surface area contributed by atoms with Gasteiger partial charge in [0.1, 0.15) is 5.41 Å². The van der Waals surface area contributed by atoms with Gasteiger partial charge in [0.2, 0.25) is 5.91 Å². The van der Waals surface area contributed by atoms with Gasteiger partial charge in [0, 0.05) is 24.9 Å². The highest BCUT2D eigenvalue weighted by Gasteiger charge is 2.50. The van der Waals surface area contributed by atoms with Crippen molar-refractivity contribution in [3.8, 4) is 6.07 Å². The van der Waals surface area contributed by atoms with Crippen molar-refractivity contribution in [2.45, 2.75) is 19.3 Å². The molecule has 1 amide bonds. The van der Waals surface area contributed by atoms with Gasteiger partial charge in [0.15, 0.2) is 0 Å². The second-order valence-corrected chi connectivity index (χ2v) is 4.02. The monoisotopic (exact) mass is 215 g/mol. The molecular formula is C12H13N3O. The molecule has 1 N–H and O–H groups in total. The first-order valence-electron chi connectivity index (χ1n) is 5.36. The molecule has 16 heavy (non-hydrogen) atoms. The summed E-state index contributed by atoms with van der Waals surface area (Å²) in [4.78, 5) is 15.8. The molecule has 0 spiro atoms. The van der Waals surface area contributed by atoms with Gasteiger partial charge in [-0.25, -0.2) is 0 Å².